The Bertz CT molecular complexity index is 1070. The van der Waals surface area contributed by atoms with Gasteiger partial charge < -0.3 is 4.90 Å². The van der Waals surface area contributed by atoms with Crippen LogP contribution in [-0.4, -0.2) is 67.2 Å². The van der Waals surface area contributed by atoms with Gasteiger partial charge in [0.25, 0.3) is 0 Å². The van der Waals surface area contributed by atoms with E-state index in [2.05, 4.69) is 38.1 Å². The van der Waals surface area contributed by atoms with Crippen molar-refractivity contribution < 1.29 is 4.79 Å². The maximum Gasteiger partial charge on any atom is 0.223 e. The second-order valence-electron chi connectivity index (χ2n) is 10.4. The highest BCUT2D eigenvalue weighted by atomic mass is 16.2. The minimum Gasteiger partial charge on any atom is -0.336 e. The van der Waals surface area contributed by atoms with Crippen LogP contribution < -0.4 is 0 Å². The first-order valence-corrected chi connectivity index (χ1v) is 12.5. The van der Waals surface area contributed by atoms with Gasteiger partial charge in [0.2, 0.25) is 5.91 Å². The number of aromatic nitrogens is 4. The summed E-state index contributed by atoms with van der Waals surface area (Å²) < 4.78 is 1.73. The van der Waals surface area contributed by atoms with Crippen molar-refractivity contribution in [2.45, 2.75) is 77.3 Å². The van der Waals surface area contributed by atoms with Crippen molar-refractivity contribution in [3.63, 3.8) is 0 Å². The molecule has 0 aromatic carbocycles. The zero-order valence-electron chi connectivity index (χ0n) is 19.3. The van der Waals surface area contributed by atoms with Crippen molar-refractivity contribution in [2.24, 2.45) is 11.8 Å². The van der Waals surface area contributed by atoms with Gasteiger partial charge in [-0.25, -0.2) is 4.52 Å². The van der Waals surface area contributed by atoms with Crippen LogP contribution in [0.25, 0.3) is 5.65 Å². The summed E-state index contributed by atoms with van der Waals surface area (Å²) in [6, 6.07) is 1.08. The summed E-state index contributed by atoms with van der Waals surface area (Å²) in [4.78, 5) is 18.5. The molecule has 7 heteroatoms. The van der Waals surface area contributed by atoms with Crippen LogP contribution in [0.5, 0.6) is 0 Å². The maximum absolute atomic E-state index is 13.5. The van der Waals surface area contributed by atoms with Crippen molar-refractivity contribution in [1.29, 1.82) is 0 Å². The molecule has 7 nitrogen and oxygen atoms in total. The average molecular weight is 435 g/mol. The number of piperidine rings is 3. The predicted octanol–water partition coefficient (Wildman–Crippen LogP) is 3.10. The Kier molecular flexibility index (Phi) is 5.05. The SMILES string of the molecule is Cc1nn2cnnc2c(C)c1CCC(=O)N1CCCC2=CC3CC(CN4CCCCC34)C21. The molecule has 0 N–H and O–H groups in total. The minimum atomic E-state index is 0.306. The van der Waals surface area contributed by atoms with Gasteiger partial charge in [-0.3, -0.25) is 9.69 Å². The molecule has 5 heterocycles. The summed E-state index contributed by atoms with van der Waals surface area (Å²) in [5.74, 6) is 1.62. The number of hydrogen-bond acceptors (Lipinski definition) is 5. The summed E-state index contributed by atoms with van der Waals surface area (Å²) in [5.41, 5.74) is 5.55. The second kappa shape index (κ2) is 7.94. The van der Waals surface area contributed by atoms with Gasteiger partial charge in [-0.2, -0.15) is 5.10 Å². The molecular weight excluding hydrogens is 400 g/mol. The standard InChI is InChI=1S/C25H34N6O/c1-16-21(17(2)28-31-15-26-27-25(16)31)8-9-23(32)30-11-5-6-18-12-19-13-20(24(18)30)14-29-10-4-3-7-22(19)29/h12,15,19-20,22,24H,3-11,13-14H2,1-2H3. The molecule has 3 aliphatic heterocycles. The molecule has 170 valence electrons. The zero-order chi connectivity index (χ0) is 21.8. The largest absolute Gasteiger partial charge is 0.336 e. The first kappa shape index (κ1) is 20.3. The number of fused-ring (bicyclic) bond motifs is 7. The molecule has 4 unspecified atom stereocenters. The molecule has 4 atom stereocenters. The van der Waals surface area contributed by atoms with Crippen LogP contribution in [0.4, 0.5) is 0 Å². The lowest BCUT2D eigenvalue weighted by Gasteiger charge is -2.54. The van der Waals surface area contributed by atoms with E-state index in [0.717, 1.165) is 47.9 Å². The molecule has 0 spiro atoms. The smallest absolute Gasteiger partial charge is 0.223 e. The van der Waals surface area contributed by atoms with Gasteiger partial charge in [-0.15, -0.1) is 10.2 Å². The molecule has 6 rings (SSSR count). The van der Waals surface area contributed by atoms with E-state index in [1.165, 1.54) is 45.2 Å². The molecule has 2 aromatic heterocycles. The number of rotatable bonds is 3. The molecule has 32 heavy (non-hydrogen) atoms. The number of aryl methyl sites for hydroxylation is 2. The monoisotopic (exact) mass is 434 g/mol. The van der Waals surface area contributed by atoms with E-state index in [0.29, 0.717) is 30.2 Å². The number of hydrogen-bond donors (Lipinski definition) is 0. The fourth-order valence-electron chi connectivity index (χ4n) is 7.18. The topological polar surface area (TPSA) is 66.6 Å². The van der Waals surface area contributed by atoms with Gasteiger partial charge in [0.05, 0.1) is 11.7 Å². The van der Waals surface area contributed by atoms with E-state index in [1.807, 2.05) is 6.92 Å². The Hall–Kier alpha value is -2.28. The van der Waals surface area contributed by atoms with Gasteiger partial charge in [0, 0.05) is 31.1 Å². The lowest BCUT2D eigenvalue weighted by atomic mass is 9.68. The predicted molar refractivity (Wildman–Crippen MR) is 122 cm³/mol. The molecule has 0 saturated carbocycles. The van der Waals surface area contributed by atoms with Crippen LogP contribution in [0.1, 0.15) is 61.8 Å². The van der Waals surface area contributed by atoms with Crippen molar-refractivity contribution >= 4 is 11.6 Å². The van der Waals surface area contributed by atoms with Gasteiger partial charge in [-0.1, -0.05) is 18.1 Å². The number of amides is 1. The van der Waals surface area contributed by atoms with E-state index < -0.39 is 0 Å². The maximum atomic E-state index is 13.5. The third-order valence-electron chi connectivity index (χ3n) is 8.58. The van der Waals surface area contributed by atoms with Crippen LogP contribution in [-0.2, 0) is 11.2 Å². The van der Waals surface area contributed by atoms with E-state index in [9.17, 15) is 4.79 Å². The third kappa shape index (κ3) is 3.28. The summed E-state index contributed by atoms with van der Waals surface area (Å²) in [6.45, 7) is 7.42. The van der Waals surface area contributed by atoms with Gasteiger partial charge >= 0.3 is 0 Å². The Morgan fingerprint density at radius 1 is 1.19 bits per heavy atom. The number of nitrogens with zero attached hydrogens (tertiary/aromatic N) is 6. The van der Waals surface area contributed by atoms with E-state index >= 15 is 0 Å². The molecule has 0 radical (unpaired) electrons. The van der Waals surface area contributed by atoms with Crippen molar-refractivity contribution in [2.75, 3.05) is 19.6 Å². The van der Waals surface area contributed by atoms with Crippen molar-refractivity contribution in [3.8, 4) is 0 Å². The minimum absolute atomic E-state index is 0.306. The quantitative estimate of drug-likeness (QED) is 0.695. The van der Waals surface area contributed by atoms with E-state index in [-0.39, 0.29) is 0 Å². The average Bonchev–Trinajstić information content (AvgIpc) is 3.27. The third-order valence-corrected chi connectivity index (χ3v) is 8.58. The summed E-state index contributed by atoms with van der Waals surface area (Å²) >= 11 is 0. The molecule has 3 saturated heterocycles. The lowest BCUT2D eigenvalue weighted by Crippen LogP contribution is -2.60. The second-order valence-corrected chi connectivity index (χ2v) is 10.4. The number of carbonyl (C=O) groups is 1. The van der Waals surface area contributed by atoms with E-state index in [1.54, 1.807) is 16.4 Å². The molecule has 1 amide bonds. The summed E-state index contributed by atoms with van der Waals surface area (Å²) in [6.07, 6.45) is 13.1. The molecule has 1 aliphatic carbocycles. The Morgan fingerprint density at radius 3 is 3.00 bits per heavy atom. The highest BCUT2D eigenvalue weighted by molar-refractivity contribution is 5.78. The molecule has 2 bridgehead atoms. The Morgan fingerprint density at radius 2 is 2.09 bits per heavy atom. The fraction of sp³-hybridized carbons (Fsp3) is 0.680. The molecular formula is C25H34N6O. The number of carbonyl (C=O) groups excluding carboxylic acids is 1. The van der Waals surface area contributed by atoms with Gasteiger partial charge in [0.15, 0.2) is 5.65 Å². The molecule has 4 aliphatic rings. The first-order valence-electron chi connectivity index (χ1n) is 12.5. The van der Waals surface area contributed by atoms with Gasteiger partial charge in [0.1, 0.15) is 6.33 Å². The van der Waals surface area contributed by atoms with Crippen LogP contribution in [0, 0.1) is 25.7 Å². The highest BCUT2D eigenvalue weighted by Crippen LogP contribution is 2.45. The Labute approximate surface area is 189 Å². The Balaban J connectivity index is 1.21. The first-order chi connectivity index (χ1) is 15.6. The van der Waals surface area contributed by atoms with Crippen LogP contribution >= 0.6 is 0 Å². The van der Waals surface area contributed by atoms with Crippen LogP contribution in [0.2, 0.25) is 0 Å². The zero-order valence-corrected chi connectivity index (χ0v) is 19.3. The number of likely N-dealkylation sites (tertiary alicyclic amines) is 1. The fourth-order valence-corrected chi connectivity index (χ4v) is 7.18. The van der Waals surface area contributed by atoms with Crippen molar-refractivity contribution in [3.05, 3.63) is 34.8 Å². The molecule has 3 fully saturated rings. The molecule has 2 aromatic rings. The highest BCUT2D eigenvalue weighted by Gasteiger charge is 2.46. The normalized spacial score (nSPS) is 30.1. The summed E-state index contributed by atoms with van der Waals surface area (Å²) in [5, 5.41) is 12.8. The van der Waals surface area contributed by atoms with Crippen LogP contribution in [0.3, 0.4) is 0 Å². The lowest BCUT2D eigenvalue weighted by molar-refractivity contribution is -0.136. The van der Waals surface area contributed by atoms with E-state index in [4.69, 9.17) is 0 Å². The van der Waals surface area contributed by atoms with Gasteiger partial charge in [-0.05, 0) is 76.3 Å². The van der Waals surface area contributed by atoms with Crippen LogP contribution in [0.15, 0.2) is 18.0 Å². The summed E-state index contributed by atoms with van der Waals surface area (Å²) in [7, 11) is 0. The van der Waals surface area contributed by atoms with Crippen molar-refractivity contribution in [1.82, 2.24) is 29.6 Å².